The van der Waals surface area contributed by atoms with Crippen LogP contribution in [0.15, 0.2) is 18.3 Å². The van der Waals surface area contributed by atoms with Crippen LogP contribution in [-0.4, -0.2) is 84.3 Å². The van der Waals surface area contributed by atoms with E-state index >= 15 is 0 Å². The Kier molecular flexibility index (Phi) is 5.78. The normalized spacial score (nSPS) is 26.0. The zero-order chi connectivity index (χ0) is 18.9. The van der Waals surface area contributed by atoms with Crippen molar-refractivity contribution in [3.63, 3.8) is 0 Å². The maximum atomic E-state index is 12.9. The summed E-state index contributed by atoms with van der Waals surface area (Å²) in [6, 6.07) is 3.41. The number of hydrogen-bond donors (Lipinski definition) is 1. The number of morpholine rings is 1. The summed E-state index contributed by atoms with van der Waals surface area (Å²) in [5.74, 6) is -0.169. The Morgan fingerprint density at radius 2 is 1.77 bits per heavy atom. The Morgan fingerprint density at radius 3 is 2.35 bits per heavy atom. The third-order valence-corrected chi connectivity index (χ3v) is 6.92. The van der Waals surface area contributed by atoms with Crippen LogP contribution in [0.3, 0.4) is 0 Å². The van der Waals surface area contributed by atoms with E-state index in [4.69, 9.17) is 17.0 Å². The van der Waals surface area contributed by atoms with Gasteiger partial charge >= 0.3 is 0 Å². The number of nitrogens with zero attached hydrogens (tertiary/aromatic N) is 3. The van der Waals surface area contributed by atoms with Crippen molar-refractivity contribution in [2.24, 2.45) is 0 Å². The van der Waals surface area contributed by atoms with E-state index in [1.165, 1.54) is 8.61 Å². The molecule has 0 saturated carbocycles. The maximum Gasteiger partial charge on any atom is 0.282 e. The van der Waals surface area contributed by atoms with Gasteiger partial charge in [-0.05, 0) is 26.0 Å². The summed E-state index contributed by atoms with van der Waals surface area (Å²) in [6.07, 6.45) is 1.42. The quantitative estimate of drug-likeness (QED) is 0.761. The molecule has 1 aromatic heterocycles. The summed E-state index contributed by atoms with van der Waals surface area (Å²) in [4.78, 5) is 17.1. The topological polar surface area (TPSA) is 86.0 Å². The van der Waals surface area contributed by atoms with Crippen molar-refractivity contribution in [2.45, 2.75) is 26.1 Å². The van der Waals surface area contributed by atoms with E-state index in [2.05, 4.69) is 4.98 Å². The number of nitrogens with one attached hydrogen (secondary N) is 1. The molecule has 1 amide bonds. The average Bonchev–Trinajstić information content (AvgIpc) is 2.61. The van der Waals surface area contributed by atoms with Gasteiger partial charge in [-0.2, -0.15) is 17.0 Å². The number of carbonyl (C=O) groups is 1. The maximum absolute atomic E-state index is 12.9. The van der Waals surface area contributed by atoms with E-state index in [0.29, 0.717) is 36.4 Å². The largest absolute Gasteiger partial charge is 0.373 e. The minimum absolute atomic E-state index is 0.129. The highest BCUT2D eigenvalue weighted by atomic mass is 32.2. The highest BCUT2D eigenvalue weighted by Gasteiger charge is 2.37. The molecular formula is C16H24N4O4S2. The Balaban J connectivity index is 1.65. The fourth-order valence-electron chi connectivity index (χ4n) is 3.36. The number of aromatic nitrogens is 1. The number of aromatic amines is 1. The Bertz CT molecular complexity index is 808. The van der Waals surface area contributed by atoms with Gasteiger partial charge in [0.05, 0.1) is 17.8 Å². The van der Waals surface area contributed by atoms with Crippen molar-refractivity contribution in [3.8, 4) is 0 Å². The molecule has 3 heterocycles. The van der Waals surface area contributed by atoms with Crippen LogP contribution in [0.1, 0.15) is 24.2 Å². The van der Waals surface area contributed by atoms with Crippen molar-refractivity contribution < 1.29 is 17.9 Å². The summed E-state index contributed by atoms with van der Waals surface area (Å²) < 4.78 is 34.8. The van der Waals surface area contributed by atoms with Gasteiger partial charge in [-0.3, -0.25) is 4.79 Å². The number of hydrogen-bond acceptors (Lipinski definition) is 5. The van der Waals surface area contributed by atoms with Crippen molar-refractivity contribution in [1.82, 2.24) is 18.5 Å². The van der Waals surface area contributed by atoms with Crippen molar-refractivity contribution >= 4 is 28.3 Å². The Labute approximate surface area is 158 Å². The number of H-pyrrole nitrogens is 1. The summed E-state index contributed by atoms with van der Waals surface area (Å²) in [7, 11) is -3.55. The molecule has 8 nitrogen and oxygen atoms in total. The van der Waals surface area contributed by atoms with E-state index < -0.39 is 10.2 Å². The van der Waals surface area contributed by atoms with Crippen molar-refractivity contribution in [3.05, 3.63) is 28.5 Å². The van der Waals surface area contributed by atoms with Crippen LogP contribution in [0.2, 0.25) is 0 Å². The van der Waals surface area contributed by atoms with E-state index in [9.17, 15) is 13.2 Å². The number of ether oxygens (including phenoxy) is 1. The molecule has 0 unspecified atom stereocenters. The molecule has 2 saturated heterocycles. The molecule has 0 radical (unpaired) electrons. The molecule has 144 valence electrons. The first-order valence-electron chi connectivity index (χ1n) is 8.66. The minimum atomic E-state index is -3.55. The molecule has 0 bridgehead atoms. The number of amides is 1. The molecule has 2 aliphatic heterocycles. The molecule has 1 aromatic rings. The number of piperazine rings is 1. The molecular weight excluding hydrogens is 376 g/mol. The van der Waals surface area contributed by atoms with Gasteiger partial charge in [0.25, 0.3) is 16.1 Å². The number of rotatable bonds is 3. The monoisotopic (exact) mass is 400 g/mol. The predicted molar refractivity (Wildman–Crippen MR) is 99.6 cm³/mol. The van der Waals surface area contributed by atoms with Gasteiger partial charge in [-0.1, -0.05) is 12.2 Å². The van der Waals surface area contributed by atoms with Crippen molar-refractivity contribution in [1.29, 1.82) is 0 Å². The van der Waals surface area contributed by atoms with Gasteiger partial charge in [-0.25, -0.2) is 0 Å². The molecule has 0 spiro atoms. The summed E-state index contributed by atoms with van der Waals surface area (Å²) in [5.41, 5.74) is 0.439. The highest BCUT2D eigenvalue weighted by Crippen LogP contribution is 2.19. The van der Waals surface area contributed by atoms with Gasteiger partial charge in [0, 0.05) is 45.5 Å². The first kappa shape index (κ1) is 19.4. The molecule has 1 N–H and O–H groups in total. The Morgan fingerprint density at radius 1 is 1.15 bits per heavy atom. The van der Waals surface area contributed by atoms with Crippen LogP contribution in [0.25, 0.3) is 0 Å². The summed E-state index contributed by atoms with van der Waals surface area (Å²) >= 11 is 5.16. The van der Waals surface area contributed by atoms with Crippen LogP contribution in [0, 0.1) is 4.64 Å². The number of carbonyl (C=O) groups excluding carboxylic acids is 1. The number of pyridine rings is 1. The Hall–Kier alpha value is -1.33. The van der Waals surface area contributed by atoms with Gasteiger partial charge < -0.3 is 14.6 Å². The smallest absolute Gasteiger partial charge is 0.282 e. The third kappa shape index (κ3) is 3.99. The molecule has 2 aliphatic rings. The third-order valence-electron chi connectivity index (χ3n) is 4.61. The van der Waals surface area contributed by atoms with Crippen LogP contribution in [0.5, 0.6) is 0 Å². The second-order valence-corrected chi connectivity index (χ2v) is 9.02. The van der Waals surface area contributed by atoms with E-state index in [1.807, 2.05) is 13.8 Å². The molecule has 0 aromatic carbocycles. The van der Waals surface area contributed by atoms with Crippen LogP contribution in [0.4, 0.5) is 0 Å². The highest BCUT2D eigenvalue weighted by molar-refractivity contribution is 7.86. The summed E-state index contributed by atoms with van der Waals surface area (Å²) in [5, 5.41) is 0. The zero-order valence-corrected chi connectivity index (χ0v) is 16.6. The lowest BCUT2D eigenvalue weighted by Crippen LogP contribution is -2.57. The zero-order valence-electron chi connectivity index (χ0n) is 14.9. The molecule has 2 atom stereocenters. The second kappa shape index (κ2) is 7.73. The fraction of sp³-hybridized carbons (Fsp3) is 0.625. The average molecular weight is 401 g/mol. The molecule has 3 rings (SSSR count). The van der Waals surface area contributed by atoms with Crippen molar-refractivity contribution in [2.75, 3.05) is 39.3 Å². The van der Waals surface area contributed by atoms with E-state index in [-0.39, 0.29) is 31.2 Å². The standard InChI is InChI=1S/C16H24N4O4S2/c1-12-10-20(11-13(2)24-12)26(22,23)19-8-6-18(7-9-19)16(21)14-4-3-5-17-15(14)25/h3-5,12-13H,6-11H2,1-2H3,(H,17,25)/t12-,13-/m1/s1. The predicted octanol–water partition coefficient (Wildman–Crippen LogP) is 0.856. The molecule has 26 heavy (non-hydrogen) atoms. The molecule has 2 fully saturated rings. The lowest BCUT2D eigenvalue weighted by Gasteiger charge is -2.40. The second-order valence-electron chi connectivity index (χ2n) is 6.69. The summed E-state index contributed by atoms with van der Waals surface area (Å²) in [6.45, 7) is 5.69. The first-order valence-corrected chi connectivity index (χ1v) is 10.5. The van der Waals surface area contributed by atoms with Gasteiger partial charge in [0.15, 0.2) is 0 Å². The molecule has 10 heteroatoms. The van der Waals surface area contributed by atoms with Gasteiger partial charge in [0.2, 0.25) is 0 Å². The van der Waals surface area contributed by atoms with E-state index in [0.717, 1.165) is 0 Å². The van der Waals surface area contributed by atoms with Crippen LogP contribution in [-0.2, 0) is 14.9 Å². The minimum Gasteiger partial charge on any atom is -0.373 e. The van der Waals surface area contributed by atoms with Crippen LogP contribution < -0.4 is 0 Å². The SMILES string of the molecule is C[C@@H]1CN(S(=O)(=O)N2CCN(C(=O)c3ccc[nH]c3=S)CC2)C[C@@H](C)O1. The fourth-order valence-corrected chi connectivity index (χ4v) is 5.34. The lowest BCUT2D eigenvalue weighted by molar-refractivity contribution is -0.0457. The van der Waals surface area contributed by atoms with Gasteiger partial charge in [0.1, 0.15) is 4.64 Å². The first-order chi connectivity index (χ1) is 12.3. The van der Waals surface area contributed by atoms with E-state index in [1.54, 1.807) is 23.2 Å². The van der Waals surface area contributed by atoms with Gasteiger partial charge in [-0.15, -0.1) is 0 Å². The lowest BCUT2D eigenvalue weighted by atomic mass is 10.2. The van der Waals surface area contributed by atoms with Crippen LogP contribution >= 0.6 is 12.2 Å². The molecule has 0 aliphatic carbocycles.